The Bertz CT molecular complexity index is 558. The van der Waals surface area contributed by atoms with E-state index in [9.17, 15) is 0 Å². The maximum Gasteiger partial charge on any atom is 0.166 e. The number of rotatable bonds is 6. The first-order valence-corrected chi connectivity index (χ1v) is 10.2. The Morgan fingerprint density at radius 2 is 2.12 bits per heavy atom. The van der Waals surface area contributed by atoms with Gasteiger partial charge in [-0.1, -0.05) is 0 Å². The first-order valence-electron chi connectivity index (χ1n) is 9.78. The van der Waals surface area contributed by atoms with Gasteiger partial charge < -0.3 is 20.0 Å². The van der Waals surface area contributed by atoms with Crippen LogP contribution in [-0.2, 0) is 6.54 Å². The normalized spacial score (nSPS) is 32.0. The second-order valence-electron chi connectivity index (χ2n) is 7.84. The van der Waals surface area contributed by atoms with Crippen molar-refractivity contribution in [3.05, 3.63) is 24.2 Å². The smallest absolute Gasteiger partial charge is 0.166 e. The average molecular weight is 363 g/mol. The van der Waals surface area contributed by atoms with Gasteiger partial charge in [-0.3, -0.25) is 4.90 Å². The van der Waals surface area contributed by atoms with Gasteiger partial charge in [0.05, 0.1) is 12.8 Å². The molecule has 1 aromatic rings. The van der Waals surface area contributed by atoms with Gasteiger partial charge in [-0.25, -0.2) is 0 Å². The van der Waals surface area contributed by atoms with Crippen molar-refractivity contribution in [1.29, 1.82) is 0 Å². The molecule has 1 unspecified atom stereocenters. The Morgan fingerprint density at radius 3 is 2.84 bits per heavy atom. The summed E-state index contributed by atoms with van der Waals surface area (Å²) in [5, 5.41) is 7.37. The third-order valence-electron chi connectivity index (χ3n) is 6.21. The third kappa shape index (κ3) is 4.36. The first-order chi connectivity index (χ1) is 12.3. The number of hydrogen-bond donors (Lipinski definition) is 2. The molecule has 138 valence electrons. The molecule has 4 aliphatic rings. The van der Waals surface area contributed by atoms with Crippen LogP contribution < -0.4 is 10.6 Å². The van der Waals surface area contributed by atoms with E-state index in [4.69, 9.17) is 16.6 Å². The van der Waals surface area contributed by atoms with Gasteiger partial charge in [0.25, 0.3) is 0 Å². The lowest BCUT2D eigenvalue weighted by Gasteiger charge is -2.50. The van der Waals surface area contributed by atoms with Crippen LogP contribution >= 0.6 is 12.2 Å². The zero-order chi connectivity index (χ0) is 17.1. The van der Waals surface area contributed by atoms with Crippen LogP contribution in [0, 0.1) is 11.8 Å². The Hall–Kier alpha value is -1.11. The summed E-state index contributed by atoms with van der Waals surface area (Å²) in [7, 11) is 0. The Kier molecular flexibility index (Phi) is 5.58. The highest BCUT2D eigenvalue weighted by molar-refractivity contribution is 7.80. The molecule has 0 aromatic carbocycles. The van der Waals surface area contributed by atoms with Crippen LogP contribution in [0.2, 0.25) is 0 Å². The second kappa shape index (κ2) is 8.06. The summed E-state index contributed by atoms with van der Waals surface area (Å²) < 4.78 is 5.32. The minimum absolute atomic E-state index is 0.636. The van der Waals surface area contributed by atoms with Gasteiger partial charge in [-0.2, -0.15) is 0 Å². The fourth-order valence-electron chi connectivity index (χ4n) is 4.82. The number of hydrogen-bond acceptors (Lipinski definition) is 4. The molecule has 2 bridgehead atoms. The molecule has 25 heavy (non-hydrogen) atoms. The lowest BCUT2D eigenvalue weighted by molar-refractivity contribution is -0.00798. The van der Waals surface area contributed by atoms with Gasteiger partial charge >= 0.3 is 0 Å². The Balaban J connectivity index is 1.20. The molecule has 4 saturated heterocycles. The monoisotopic (exact) mass is 362 g/mol. The standard InChI is InChI=1S/C19H30N4OS/c25-19(21-12-18-4-3-9-24-18)20-11-17-10-15-5-8-23(17)14-16(15)13-22-6-1-2-7-22/h3-4,9,15-17H,1-2,5-8,10-14H2,(H2,20,21,25)/t15-,16-,17+/m0/s1. The van der Waals surface area contributed by atoms with Crippen LogP contribution in [0.4, 0.5) is 0 Å². The van der Waals surface area contributed by atoms with Crippen LogP contribution in [0.1, 0.15) is 31.4 Å². The highest BCUT2D eigenvalue weighted by Gasteiger charge is 2.40. The van der Waals surface area contributed by atoms with Crippen molar-refractivity contribution in [2.24, 2.45) is 11.8 Å². The molecule has 0 amide bonds. The van der Waals surface area contributed by atoms with Gasteiger partial charge in [-0.15, -0.1) is 0 Å². The maximum atomic E-state index is 5.41. The highest BCUT2D eigenvalue weighted by Crippen LogP contribution is 2.36. The van der Waals surface area contributed by atoms with Crippen molar-refractivity contribution in [3.8, 4) is 0 Å². The summed E-state index contributed by atoms with van der Waals surface area (Å²) in [6.07, 6.45) is 7.20. The quantitative estimate of drug-likeness (QED) is 0.755. The molecular formula is C19H30N4OS. The van der Waals surface area contributed by atoms with Gasteiger partial charge in [0.2, 0.25) is 0 Å². The topological polar surface area (TPSA) is 43.7 Å². The van der Waals surface area contributed by atoms with Crippen LogP contribution in [0.3, 0.4) is 0 Å². The van der Waals surface area contributed by atoms with Gasteiger partial charge in [0, 0.05) is 25.7 Å². The summed E-state index contributed by atoms with van der Waals surface area (Å²) in [5.41, 5.74) is 0. The van der Waals surface area contributed by atoms with Crippen molar-refractivity contribution < 1.29 is 4.42 Å². The van der Waals surface area contributed by atoms with E-state index in [1.54, 1.807) is 6.26 Å². The first kappa shape index (κ1) is 17.3. The van der Waals surface area contributed by atoms with E-state index in [1.807, 2.05) is 12.1 Å². The molecule has 2 N–H and O–H groups in total. The maximum absolute atomic E-state index is 5.41. The molecule has 5 rings (SSSR count). The van der Waals surface area contributed by atoms with Gasteiger partial charge in [0.1, 0.15) is 5.76 Å². The molecular weight excluding hydrogens is 332 g/mol. The molecule has 5 heterocycles. The molecule has 4 atom stereocenters. The van der Waals surface area contributed by atoms with Crippen molar-refractivity contribution in [3.63, 3.8) is 0 Å². The summed E-state index contributed by atoms with van der Waals surface area (Å²) >= 11 is 5.41. The number of thiocarbonyl (C=S) groups is 1. The molecule has 4 aliphatic heterocycles. The lowest BCUT2D eigenvalue weighted by atomic mass is 9.75. The number of nitrogens with one attached hydrogen (secondary N) is 2. The minimum atomic E-state index is 0.636. The van der Waals surface area contributed by atoms with E-state index in [0.29, 0.717) is 12.6 Å². The largest absolute Gasteiger partial charge is 0.467 e. The molecule has 0 radical (unpaired) electrons. The number of furan rings is 1. The van der Waals surface area contributed by atoms with E-state index in [-0.39, 0.29) is 0 Å². The fourth-order valence-corrected chi connectivity index (χ4v) is 4.97. The predicted octanol–water partition coefficient (Wildman–Crippen LogP) is 2.05. The number of likely N-dealkylation sites (tertiary alicyclic amines) is 1. The van der Waals surface area contributed by atoms with E-state index in [1.165, 1.54) is 58.4 Å². The zero-order valence-electron chi connectivity index (χ0n) is 15.0. The summed E-state index contributed by atoms with van der Waals surface area (Å²) in [4.78, 5) is 5.39. The molecule has 4 fully saturated rings. The van der Waals surface area contributed by atoms with Gasteiger partial charge in [0.15, 0.2) is 5.11 Å². The Labute approximate surface area is 156 Å². The Morgan fingerprint density at radius 1 is 1.24 bits per heavy atom. The summed E-state index contributed by atoms with van der Waals surface area (Å²) in [6, 6.07) is 4.50. The van der Waals surface area contributed by atoms with E-state index < -0.39 is 0 Å². The highest BCUT2D eigenvalue weighted by atomic mass is 32.1. The third-order valence-corrected chi connectivity index (χ3v) is 6.50. The van der Waals surface area contributed by atoms with Crippen molar-refractivity contribution in [1.82, 2.24) is 20.4 Å². The van der Waals surface area contributed by atoms with Crippen LogP contribution in [-0.4, -0.2) is 60.2 Å². The number of fused-ring (bicyclic) bond motifs is 3. The molecule has 1 aromatic heterocycles. The van der Waals surface area contributed by atoms with Crippen molar-refractivity contribution in [2.45, 2.75) is 38.3 Å². The van der Waals surface area contributed by atoms with Gasteiger partial charge in [-0.05, 0) is 81.5 Å². The molecule has 0 spiro atoms. The number of piperidine rings is 3. The lowest BCUT2D eigenvalue weighted by Crippen LogP contribution is -2.58. The molecule has 5 nitrogen and oxygen atoms in total. The van der Waals surface area contributed by atoms with E-state index in [0.717, 1.165) is 29.3 Å². The zero-order valence-corrected chi connectivity index (χ0v) is 15.8. The summed E-state index contributed by atoms with van der Waals surface area (Å²) in [6.45, 7) is 8.11. The SMILES string of the molecule is S=C(NCc1ccco1)NC[C@H]1C[C@@H]2CCN1C[C@@H]2CN1CCCC1. The van der Waals surface area contributed by atoms with Crippen LogP contribution in [0.15, 0.2) is 22.8 Å². The number of nitrogens with zero attached hydrogens (tertiary/aromatic N) is 2. The van der Waals surface area contributed by atoms with E-state index in [2.05, 4.69) is 20.4 Å². The average Bonchev–Trinajstić information content (AvgIpc) is 3.33. The van der Waals surface area contributed by atoms with Crippen LogP contribution in [0.5, 0.6) is 0 Å². The summed E-state index contributed by atoms with van der Waals surface area (Å²) in [5.74, 6) is 2.70. The fraction of sp³-hybridized carbons (Fsp3) is 0.737. The van der Waals surface area contributed by atoms with Crippen molar-refractivity contribution >= 4 is 17.3 Å². The van der Waals surface area contributed by atoms with Crippen LogP contribution in [0.25, 0.3) is 0 Å². The molecule has 6 heteroatoms. The minimum Gasteiger partial charge on any atom is -0.467 e. The molecule has 0 aliphatic carbocycles. The second-order valence-corrected chi connectivity index (χ2v) is 8.25. The molecule has 0 saturated carbocycles. The van der Waals surface area contributed by atoms with Crippen molar-refractivity contribution in [2.75, 3.05) is 39.3 Å². The predicted molar refractivity (Wildman–Crippen MR) is 103 cm³/mol. The van der Waals surface area contributed by atoms with E-state index >= 15 is 0 Å².